The lowest BCUT2D eigenvalue weighted by Crippen LogP contribution is -2.13. The molecular formula is C6H7F3N4O. The lowest BCUT2D eigenvalue weighted by Gasteiger charge is -2.05. The summed E-state index contributed by atoms with van der Waals surface area (Å²) in [6.07, 6.45) is -1.93. The molecule has 0 saturated heterocycles. The molecule has 1 heterocycles. The van der Waals surface area contributed by atoms with Crippen molar-refractivity contribution >= 4 is 5.95 Å². The zero-order chi connectivity index (χ0) is 10.6. The number of hydrogen-bond acceptors (Lipinski definition) is 5. The average molecular weight is 208 g/mol. The number of ether oxygens (including phenoxy) is 1. The molecule has 3 N–H and O–H groups in total. The summed E-state index contributed by atoms with van der Waals surface area (Å²) < 4.78 is 40.6. The Balaban J connectivity index is 2.73. The fourth-order valence-electron chi connectivity index (χ4n) is 0.664. The highest BCUT2D eigenvalue weighted by Gasteiger charge is 2.10. The number of halogens is 3. The van der Waals surface area contributed by atoms with Crippen molar-refractivity contribution in [1.82, 2.24) is 9.97 Å². The minimum atomic E-state index is -2.70. The van der Waals surface area contributed by atoms with E-state index in [1.165, 1.54) is 0 Å². The van der Waals surface area contributed by atoms with E-state index in [9.17, 15) is 13.2 Å². The third kappa shape index (κ3) is 2.73. The van der Waals surface area contributed by atoms with Crippen molar-refractivity contribution < 1.29 is 17.9 Å². The van der Waals surface area contributed by atoms with Crippen LogP contribution in [0.2, 0.25) is 0 Å². The quantitative estimate of drug-likeness (QED) is 0.558. The van der Waals surface area contributed by atoms with Gasteiger partial charge in [0.15, 0.2) is 6.61 Å². The monoisotopic (exact) mass is 208 g/mol. The third-order valence-electron chi connectivity index (χ3n) is 1.19. The van der Waals surface area contributed by atoms with Gasteiger partial charge in [0.1, 0.15) is 0 Å². The standard InChI is InChI=1S/C6H7F3N4O/c7-3-1-11-6(13-10)12-5(3)14-2-4(8)9/h1,4H,2,10H2,(H,11,12,13). The van der Waals surface area contributed by atoms with Gasteiger partial charge < -0.3 is 4.74 Å². The average Bonchev–Trinajstić information content (AvgIpc) is 2.16. The van der Waals surface area contributed by atoms with Crippen LogP contribution in [0.15, 0.2) is 6.20 Å². The molecule has 0 aliphatic heterocycles. The Morgan fingerprint density at radius 1 is 1.57 bits per heavy atom. The van der Waals surface area contributed by atoms with Gasteiger partial charge in [0.25, 0.3) is 12.3 Å². The van der Waals surface area contributed by atoms with Crippen LogP contribution in [0.3, 0.4) is 0 Å². The molecule has 0 amide bonds. The van der Waals surface area contributed by atoms with Gasteiger partial charge in [-0.3, -0.25) is 5.43 Å². The normalized spacial score (nSPS) is 10.4. The highest BCUT2D eigenvalue weighted by molar-refractivity contribution is 5.26. The number of anilines is 1. The molecule has 0 aromatic carbocycles. The number of nitrogens with two attached hydrogens (primary N) is 1. The number of nitrogen functional groups attached to an aromatic ring is 1. The van der Waals surface area contributed by atoms with Crippen LogP contribution in [0.5, 0.6) is 5.88 Å². The lowest BCUT2D eigenvalue weighted by atomic mass is 10.6. The first-order chi connectivity index (χ1) is 6.63. The molecular weight excluding hydrogens is 201 g/mol. The molecule has 0 saturated carbocycles. The Kier molecular flexibility index (Phi) is 3.46. The first kappa shape index (κ1) is 10.5. The molecule has 0 aliphatic carbocycles. The Morgan fingerprint density at radius 2 is 2.29 bits per heavy atom. The van der Waals surface area contributed by atoms with Crippen LogP contribution in [-0.4, -0.2) is 23.0 Å². The van der Waals surface area contributed by atoms with Crippen molar-refractivity contribution in [3.8, 4) is 5.88 Å². The first-order valence-corrected chi connectivity index (χ1v) is 3.53. The smallest absolute Gasteiger partial charge is 0.272 e. The first-order valence-electron chi connectivity index (χ1n) is 3.53. The number of aromatic nitrogens is 2. The van der Waals surface area contributed by atoms with E-state index >= 15 is 0 Å². The maximum atomic E-state index is 12.8. The van der Waals surface area contributed by atoms with E-state index in [1.54, 1.807) is 0 Å². The van der Waals surface area contributed by atoms with Crippen molar-refractivity contribution in [3.05, 3.63) is 12.0 Å². The predicted octanol–water partition coefficient (Wildman–Crippen LogP) is 0.545. The Hall–Kier alpha value is -1.57. The summed E-state index contributed by atoms with van der Waals surface area (Å²) in [5.74, 6) is 3.32. The predicted molar refractivity (Wildman–Crippen MR) is 41.3 cm³/mol. The molecule has 14 heavy (non-hydrogen) atoms. The molecule has 5 nitrogen and oxygen atoms in total. The molecule has 0 radical (unpaired) electrons. The zero-order valence-electron chi connectivity index (χ0n) is 6.88. The number of alkyl halides is 2. The topological polar surface area (TPSA) is 73.1 Å². The molecule has 0 spiro atoms. The number of nitrogens with one attached hydrogen (secondary N) is 1. The second-order valence-electron chi connectivity index (χ2n) is 2.19. The van der Waals surface area contributed by atoms with Gasteiger partial charge in [0, 0.05) is 0 Å². The molecule has 8 heteroatoms. The van der Waals surface area contributed by atoms with Gasteiger partial charge in [-0.2, -0.15) is 9.37 Å². The molecule has 1 aromatic rings. The van der Waals surface area contributed by atoms with Crippen molar-refractivity contribution in [1.29, 1.82) is 0 Å². The molecule has 0 aliphatic rings. The van der Waals surface area contributed by atoms with Gasteiger partial charge >= 0.3 is 0 Å². The van der Waals surface area contributed by atoms with E-state index < -0.39 is 24.7 Å². The van der Waals surface area contributed by atoms with Gasteiger partial charge in [0.05, 0.1) is 6.20 Å². The third-order valence-corrected chi connectivity index (χ3v) is 1.19. The maximum absolute atomic E-state index is 12.8. The fraction of sp³-hybridized carbons (Fsp3) is 0.333. The second kappa shape index (κ2) is 4.61. The van der Waals surface area contributed by atoms with Gasteiger partial charge in [-0.25, -0.2) is 19.6 Å². The van der Waals surface area contributed by atoms with Gasteiger partial charge in [-0.1, -0.05) is 0 Å². The van der Waals surface area contributed by atoms with E-state index in [0.717, 1.165) is 6.20 Å². The van der Waals surface area contributed by atoms with E-state index in [1.807, 2.05) is 5.43 Å². The lowest BCUT2D eigenvalue weighted by molar-refractivity contribution is 0.0773. The van der Waals surface area contributed by atoms with Crippen LogP contribution < -0.4 is 16.0 Å². The number of hydrazine groups is 1. The van der Waals surface area contributed by atoms with E-state index in [0.29, 0.717) is 0 Å². The number of nitrogens with zero attached hydrogens (tertiary/aromatic N) is 2. The zero-order valence-corrected chi connectivity index (χ0v) is 6.88. The molecule has 78 valence electrons. The summed E-state index contributed by atoms with van der Waals surface area (Å²) in [6.45, 7) is -0.933. The molecule has 0 unspecified atom stereocenters. The Bertz CT molecular complexity index is 309. The summed E-state index contributed by atoms with van der Waals surface area (Å²) in [6, 6.07) is 0. The van der Waals surface area contributed by atoms with Gasteiger partial charge in [-0.15, -0.1) is 0 Å². The van der Waals surface area contributed by atoms with Crippen molar-refractivity contribution in [2.75, 3.05) is 12.0 Å². The molecule has 1 aromatic heterocycles. The van der Waals surface area contributed by atoms with Crippen molar-refractivity contribution in [2.45, 2.75) is 6.43 Å². The van der Waals surface area contributed by atoms with Gasteiger partial charge in [-0.05, 0) is 0 Å². The minimum absolute atomic E-state index is 0.115. The van der Waals surface area contributed by atoms with Crippen LogP contribution in [0.4, 0.5) is 19.1 Å². The van der Waals surface area contributed by atoms with E-state index in [2.05, 4.69) is 14.7 Å². The van der Waals surface area contributed by atoms with Crippen LogP contribution in [0.1, 0.15) is 0 Å². The molecule has 1 rings (SSSR count). The van der Waals surface area contributed by atoms with Gasteiger partial charge in [0.2, 0.25) is 11.8 Å². The highest BCUT2D eigenvalue weighted by atomic mass is 19.3. The summed E-state index contributed by atoms with van der Waals surface area (Å²) in [5, 5.41) is 0. The van der Waals surface area contributed by atoms with Crippen molar-refractivity contribution in [2.24, 2.45) is 5.84 Å². The van der Waals surface area contributed by atoms with Crippen molar-refractivity contribution in [3.63, 3.8) is 0 Å². The summed E-state index contributed by atoms with van der Waals surface area (Å²) in [7, 11) is 0. The van der Waals surface area contributed by atoms with Crippen LogP contribution in [0, 0.1) is 5.82 Å². The van der Waals surface area contributed by atoms with Crippen LogP contribution in [-0.2, 0) is 0 Å². The van der Waals surface area contributed by atoms with E-state index in [-0.39, 0.29) is 5.95 Å². The minimum Gasteiger partial charge on any atom is -0.469 e. The van der Waals surface area contributed by atoms with Crippen LogP contribution in [0.25, 0.3) is 0 Å². The number of hydrogen-bond donors (Lipinski definition) is 2. The maximum Gasteiger partial charge on any atom is 0.272 e. The van der Waals surface area contributed by atoms with Crippen LogP contribution >= 0.6 is 0 Å². The largest absolute Gasteiger partial charge is 0.469 e. The molecule has 0 fully saturated rings. The molecule has 0 atom stereocenters. The Morgan fingerprint density at radius 3 is 2.86 bits per heavy atom. The number of rotatable bonds is 4. The van der Waals surface area contributed by atoms with E-state index in [4.69, 9.17) is 5.84 Å². The molecule has 0 bridgehead atoms. The summed E-state index contributed by atoms with van der Waals surface area (Å²) in [4.78, 5) is 6.78. The summed E-state index contributed by atoms with van der Waals surface area (Å²) in [5.41, 5.74) is 2.03. The SMILES string of the molecule is NNc1ncc(F)c(OCC(F)F)n1. The second-order valence-corrected chi connectivity index (χ2v) is 2.19. The highest BCUT2D eigenvalue weighted by Crippen LogP contribution is 2.14. The Labute approximate surface area is 77.1 Å². The summed E-state index contributed by atoms with van der Waals surface area (Å²) >= 11 is 0. The fourth-order valence-corrected chi connectivity index (χ4v) is 0.664.